The molecule has 2 N–H and O–H groups in total. The van der Waals surface area contributed by atoms with Gasteiger partial charge in [-0.1, -0.05) is 25.1 Å². The summed E-state index contributed by atoms with van der Waals surface area (Å²) in [5.74, 6) is 0.0871. The molecule has 1 aromatic heterocycles. The minimum absolute atomic E-state index is 0.0871. The molecule has 1 aliphatic heterocycles. The van der Waals surface area contributed by atoms with Gasteiger partial charge in [0.15, 0.2) is 0 Å². The minimum atomic E-state index is -0.489. The number of hydrogen-bond acceptors (Lipinski definition) is 3. The standard InChI is InChI=1S/C17H19NO2S/c1-2-11-8-13(15(19)10-14-4-3-7-21-14)9-12-5-6-16(20)18-17(11)12/h3-4,7-9,15,19H,2,5-6,10H2,1H3,(H,18,20). The van der Waals surface area contributed by atoms with Crippen LogP contribution < -0.4 is 5.32 Å². The Bertz CT molecular complexity index is 632. The van der Waals surface area contributed by atoms with Gasteiger partial charge in [0.25, 0.3) is 0 Å². The Morgan fingerprint density at radius 2 is 2.24 bits per heavy atom. The van der Waals surface area contributed by atoms with Gasteiger partial charge >= 0.3 is 0 Å². The summed E-state index contributed by atoms with van der Waals surface area (Å²) < 4.78 is 0. The van der Waals surface area contributed by atoms with Crippen LogP contribution in [0.5, 0.6) is 0 Å². The predicted molar refractivity (Wildman–Crippen MR) is 85.8 cm³/mol. The minimum Gasteiger partial charge on any atom is -0.388 e. The maximum atomic E-state index is 11.6. The number of amides is 1. The van der Waals surface area contributed by atoms with Crippen LogP contribution in [0, 0.1) is 0 Å². The Hall–Kier alpha value is -1.65. The summed E-state index contributed by atoms with van der Waals surface area (Å²) in [5, 5.41) is 15.5. The molecule has 0 bridgehead atoms. The van der Waals surface area contributed by atoms with Crippen molar-refractivity contribution in [2.24, 2.45) is 0 Å². The SMILES string of the molecule is CCc1cc(C(O)Cc2cccs2)cc2c1NC(=O)CC2. The van der Waals surface area contributed by atoms with Gasteiger partial charge in [-0.3, -0.25) is 4.79 Å². The van der Waals surface area contributed by atoms with Crippen molar-refractivity contribution in [1.82, 2.24) is 0 Å². The number of thiophene rings is 1. The van der Waals surface area contributed by atoms with Crippen LogP contribution in [0.4, 0.5) is 5.69 Å². The number of aliphatic hydroxyl groups is 1. The zero-order valence-corrected chi connectivity index (χ0v) is 12.9. The first-order chi connectivity index (χ1) is 10.2. The van der Waals surface area contributed by atoms with Gasteiger partial charge in [0.1, 0.15) is 0 Å². The third-order valence-corrected chi connectivity index (χ3v) is 4.85. The summed E-state index contributed by atoms with van der Waals surface area (Å²) in [6.45, 7) is 2.08. The maximum Gasteiger partial charge on any atom is 0.224 e. The molecule has 0 saturated carbocycles. The number of carbonyl (C=O) groups excluding carboxylic acids is 1. The molecular weight excluding hydrogens is 282 g/mol. The molecule has 2 heterocycles. The summed E-state index contributed by atoms with van der Waals surface area (Å²) in [5.41, 5.74) is 4.17. The second kappa shape index (κ2) is 6.00. The highest BCUT2D eigenvalue weighted by Crippen LogP contribution is 2.32. The van der Waals surface area contributed by atoms with Gasteiger partial charge in [-0.05, 0) is 41.0 Å². The van der Waals surface area contributed by atoms with E-state index in [-0.39, 0.29) is 5.91 Å². The van der Waals surface area contributed by atoms with E-state index in [1.54, 1.807) is 11.3 Å². The van der Waals surface area contributed by atoms with Crippen LogP contribution in [-0.4, -0.2) is 11.0 Å². The maximum absolute atomic E-state index is 11.6. The van der Waals surface area contributed by atoms with Gasteiger partial charge < -0.3 is 10.4 Å². The van der Waals surface area contributed by atoms with Crippen molar-refractivity contribution in [1.29, 1.82) is 0 Å². The number of benzene rings is 1. The fourth-order valence-electron chi connectivity index (χ4n) is 2.81. The highest BCUT2D eigenvalue weighted by molar-refractivity contribution is 7.09. The molecule has 3 rings (SSSR count). The molecule has 0 saturated heterocycles. The molecule has 1 aliphatic rings. The van der Waals surface area contributed by atoms with E-state index in [1.807, 2.05) is 29.6 Å². The zero-order chi connectivity index (χ0) is 14.8. The number of fused-ring (bicyclic) bond motifs is 1. The molecule has 1 unspecified atom stereocenters. The van der Waals surface area contributed by atoms with Gasteiger partial charge in [-0.15, -0.1) is 11.3 Å². The van der Waals surface area contributed by atoms with Crippen molar-refractivity contribution >= 4 is 22.9 Å². The first-order valence-electron chi connectivity index (χ1n) is 7.33. The van der Waals surface area contributed by atoms with Crippen LogP contribution in [0.15, 0.2) is 29.6 Å². The van der Waals surface area contributed by atoms with Crippen LogP contribution in [0.1, 0.15) is 41.0 Å². The fourth-order valence-corrected chi connectivity index (χ4v) is 3.55. The van der Waals surface area contributed by atoms with Crippen LogP contribution in [0.2, 0.25) is 0 Å². The van der Waals surface area contributed by atoms with E-state index in [4.69, 9.17) is 0 Å². The van der Waals surface area contributed by atoms with Crippen LogP contribution in [0.3, 0.4) is 0 Å². The smallest absolute Gasteiger partial charge is 0.224 e. The lowest BCUT2D eigenvalue weighted by molar-refractivity contribution is -0.116. The van der Waals surface area contributed by atoms with Crippen LogP contribution in [-0.2, 0) is 24.1 Å². The molecule has 110 valence electrons. The number of anilines is 1. The van der Waals surface area contributed by atoms with E-state index >= 15 is 0 Å². The molecule has 0 aliphatic carbocycles. The molecule has 0 radical (unpaired) electrons. The van der Waals surface area contributed by atoms with Crippen molar-refractivity contribution in [3.8, 4) is 0 Å². The van der Waals surface area contributed by atoms with Gasteiger partial charge in [-0.25, -0.2) is 0 Å². The normalized spacial score (nSPS) is 15.4. The highest BCUT2D eigenvalue weighted by atomic mass is 32.1. The summed E-state index contributed by atoms with van der Waals surface area (Å²) >= 11 is 1.67. The number of nitrogens with one attached hydrogen (secondary N) is 1. The van der Waals surface area contributed by atoms with Crippen molar-refractivity contribution in [3.63, 3.8) is 0 Å². The Kier molecular flexibility index (Phi) is 4.08. The van der Waals surface area contributed by atoms with Crippen molar-refractivity contribution < 1.29 is 9.90 Å². The number of carbonyl (C=O) groups is 1. The average Bonchev–Trinajstić information content (AvgIpc) is 2.99. The average molecular weight is 301 g/mol. The molecular formula is C17H19NO2S. The van der Waals surface area contributed by atoms with E-state index in [1.165, 1.54) is 4.88 Å². The number of aryl methyl sites for hydroxylation is 2. The second-order valence-corrected chi connectivity index (χ2v) is 6.45. The Morgan fingerprint density at radius 3 is 2.95 bits per heavy atom. The third kappa shape index (κ3) is 3.01. The van der Waals surface area contributed by atoms with Crippen molar-refractivity contribution in [3.05, 3.63) is 51.2 Å². The summed E-state index contributed by atoms with van der Waals surface area (Å²) in [4.78, 5) is 12.8. The molecule has 1 aromatic carbocycles. The van der Waals surface area contributed by atoms with Gasteiger partial charge in [-0.2, -0.15) is 0 Å². The largest absolute Gasteiger partial charge is 0.388 e. The molecule has 3 nitrogen and oxygen atoms in total. The molecule has 0 spiro atoms. The van der Waals surface area contributed by atoms with E-state index in [0.29, 0.717) is 12.8 Å². The lowest BCUT2D eigenvalue weighted by Gasteiger charge is -2.22. The molecule has 1 amide bonds. The monoisotopic (exact) mass is 301 g/mol. The van der Waals surface area contributed by atoms with E-state index in [0.717, 1.165) is 35.2 Å². The molecule has 0 fully saturated rings. The van der Waals surface area contributed by atoms with Crippen LogP contribution in [0.25, 0.3) is 0 Å². The lowest BCUT2D eigenvalue weighted by Crippen LogP contribution is -2.21. The lowest BCUT2D eigenvalue weighted by atomic mass is 9.92. The Balaban J connectivity index is 1.91. The quantitative estimate of drug-likeness (QED) is 0.908. The molecule has 4 heteroatoms. The first-order valence-corrected chi connectivity index (χ1v) is 8.21. The summed E-state index contributed by atoms with van der Waals surface area (Å²) in [6, 6.07) is 8.13. The zero-order valence-electron chi connectivity index (χ0n) is 12.1. The van der Waals surface area contributed by atoms with Gasteiger partial charge in [0, 0.05) is 23.4 Å². The Labute approximate surface area is 128 Å². The Morgan fingerprint density at radius 1 is 1.38 bits per heavy atom. The van der Waals surface area contributed by atoms with E-state index in [2.05, 4.69) is 12.2 Å². The predicted octanol–water partition coefficient (Wildman–Crippen LogP) is 3.47. The summed E-state index contributed by atoms with van der Waals surface area (Å²) in [7, 11) is 0. The molecule has 21 heavy (non-hydrogen) atoms. The molecule has 1 atom stereocenters. The third-order valence-electron chi connectivity index (χ3n) is 3.95. The second-order valence-electron chi connectivity index (χ2n) is 5.42. The summed E-state index contributed by atoms with van der Waals surface area (Å²) in [6.07, 6.45) is 2.29. The van der Waals surface area contributed by atoms with E-state index in [9.17, 15) is 9.90 Å². The van der Waals surface area contributed by atoms with Crippen molar-refractivity contribution in [2.45, 2.75) is 38.7 Å². The number of hydrogen-bond donors (Lipinski definition) is 2. The van der Waals surface area contributed by atoms with Gasteiger partial charge in [0.05, 0.1) is 6.10 Å². The van der Waals surface area contributed by atoms with Crippen molar-refractivity contribution in [2.75, 3.05) is 5.32 Å². The van der Waals surface area contributed by atoms with E-state index < -0.39 is 6.10 Å². The number of rotatable bonds is 4. The molecule has 2 aromatic rings. The van der Waals surface area contributed by atoms with Crippen LogP contribution >= 0.6 is 11.3 Å². The fraction of sp³-hybridized carbons (Fsp3) is 0.353. The topological polar surface area (TPSA) is 49.3 Å². The first kappa shape index (κ1) is 14.3. The highest BCUT2D eigenvalue weighted by Gasteiger charge is 2.20. The number of aliphatic hydroxyl groups excluding tert-OH is 1. The van der Waals surface area contributed by atoms with Gasteiger partial charge in [0.2, 0.25) is 5.91 Å².